The van der Waals surface area contributed by atoms with E-state index in [1.54, 1.807) is 54.4 Å². The first kappa shape index (κ1) is 23.6. The fourth-order valence-electron chi connectivity index (χ4n) is 3.25. The van der Waals surface area contributed by atoms with Crippen molar-refractivity contribution in [2.75, 3.05) is 46.2 Å². The second kappa shape index (κ2) is 11.0. The zero-order valence-corrected chi connectivity index (χ0v) is 19.7. The van der Waals surface area contributed by atoms with Gasteiger partial charge in [-0.05, 0) is 29.8 Å². The number of benzene rings is 2. The monoisotopic (exact) mass is 482 g/mol. The molecule has 1 fully saturated rings. The smallest absolute Gasteiger partial charge is 0.254 e. The Bertz CT molecular complexity index is 927. The van der Waals surface area contributed by atoms with Gasteiger partial charge in [0.05, 0.1) is 20.0 Å². The molecule has 0 spiro atoms. The maximum Gasteiger partial charge on any atom is 0.254 e. The molecule has 0 radical (unpaired) electrons. The number of methoxy groups -OCH3 is 2. The van der Waals surface area contributed by atoms with Crippen LogP contribution in [0.15, 0.2) is 36.4 Å². The average Bonchev–Trinajstić information content (AvgIpc) is 2.79. The molecule has 0 N–H and O–H groups in total. The van der Waals surface area contributed by atoms with E-state index in [-0.39, 0.29) is 11.8 Å². The van der Waals surface area contributed by atoms with Crippen LogP contribution >= 0.6 is 35.0 Å². The molecular weight excluding hydrogens is 459 g/mol. The van der Waals surface area contributed by atoms with Gasteiger partial charge in [-0.3, -0.25) is 9.59 Å². The van der Waals surface area contributed by atoms with Gasteiger partial charge in [0.2, 0.25) is 5.91 Å². The van der Waals surface area contributed by atoms with Crippen LogP contribution in [0.25, 0.3) is 0 Å². The van der Waals surface area contributed by atoms with Gasteiger partial charge in [0.15, 0.2) is 0 Å². The molecule has 0 unspecified atom stereocenters. The first-order valence-corrected chi connectivity index (χ1v) is 11.6. The molecule has 2 aromatic carbocycles. The van der Waals surface area contributed by atoms with E-state index in [0.717, 1.165) is 5.56 Å². The molecule has 2 aromatic rings. The van der Waals surface area contributed by atoms with E-state index in [1.807, 2.05) is 6.07 Å². The van der Waals surface area contributed by atoms with Gasteiger partial charge in [0, 0.05) is 53.6 Å². The number of ether oxygens (including phenoxy) is 2. The maximum atomic E-state index is 12.9. The van der Waals surface area contributed by atoms with E-state index in [4.69, 9.17) is 32.7 Å². The summed E-state index contributed by atoms with van der Waals surface area (Å²) in [6.45, 7) is 1.98. The normalized spacial score (nSPS) is 13.8. The number of thioether (sulfide) groups is 1. The molecule has 0 saturated carbocycles. The van der Waals surface area contributed by atoms with Gasteiger partial charge in [0.25, 0.3) is 5.91 Å². The summed E-state index contributed by atoms with van der Waals surface area (Å²) in [5, 5.41) is 1.20. The molecule has 1 aliphatic heterocycles. The second-order valence-electron chi connectivity index (χ2n) is 7.00. The van der Waals surface area contributed by atoms with Gasteiger partial charge >= 0.3 is 0 Å². The molecule has 2 amide bonds. The Labute approximate surface area is 196 Å². The molecule has 0 aliphatic carbocycles. The lowest BCUT2D eigenvalue weighted by Gasteiger charge is -2.35. The summed E-state index contributed by atoms with van der Waals surface area (Å²) in [6, 6.07) is 10.5. The summed E-state index contributed by atoms with van der Waals surface area (Å²) in [4.78, 5) is 29.0. The minimum absolute atomic E-state index is 0.0604. The summed E-state index contributed by atoms with van der Waals surface area (Å²) >= 11 is 13.6. The van der Waals surface area contributed by atoms with E-state index in [0.29, 0.717) is 64.8 Å². The Morgan fingerprint density at radius 1 is 0.935 bits per heavy atom. The summed E-state index contributed by atoms with van der Waals surface area (Å²) in [5.74, 6) is 2.09. The third-order valence-corrected chi connectivity index (χ3v) is 6.57. The summed E-state index contributed by atoms with van der Waals surface area (Å²) in [7, 11) is 3.10. The van der Waals surface area contributed by atoms with Crippen molar-refractivity contribution in [1.29, 1.82) is 0 Å². The van der Waals surface area contributed by atoms with Crippen molar-refractivity contribution in [3.8, 4) is 11.5 Å². The molecule has 1 aliphatic rings. The lowest BCUT2D eigenvalue weighted by molar-refractivity contribution is -0.129. The molecule has 0 bridgehead atoms. The Hall–Kier alpha value is -2.09. The topological polar surface area (TPSA) is 59.1 Å². The quantitative estimate of drug-likeness (QED) is 0.590. The fourth-order valence-corrected chi connectivity index (χ4v) is 4.74. The van der Waals surface area contributed by atoms with Crippen molar-refractivity contribution >= 4 is 46.8 Å². The van der Waals surface area contributed by atoms with Crippen molar-refractivity contribution in [3.05, 3.63) is 57.6 Å². The van der Waals surface area contributed by atoms with Crippen LogP contribution in [0.2, 0.25) is 10.0 Å². The number of carbonyl (C=O) groups excluding carboxylic acids is 2. The predicted octanol–water partition coefficient (Wildman–Crippen LogP) is 4.23. The standard InChI is InChI=1S/C22H24Cl2N2O4S/c1-29-18-9-16(10-19(12-18)30-2)22(28)26-7-5-25(6-8-26)21(27)14-31-13-15-3-4-17(23)11-20(15)24/h3-4,9-12H,5-8,13-14H2,1-2H3. The average molecular weight is 483 g/mol. The van der Waals surface area contributed by atoms with Crippen LogP contribution in [-0.4, -0.2) is 67.8 Å². The summed E-state index contributed by atoms with van der Waals surface area (Å²) < 4.78 is 10.5. The Morgan fingerprint density at radius 2 is 1.55 bits per heavy atom. The molecule has 31 heavy (non-hydrogen) atoms. The van der Waals surface area contributed by atoms with Crippen molar-refractivity contribution < 1.29 is 19.1 Å². The van der Waals surface area contributed by atoms with E-state index < -0.39 is 0 Å². The molecular formula is C22H24Cl2N2O4S. The molecule has 9 heteroatoms. The minimum atomic E-state index is -0.101. The minimum Gasteiger partial charge on any atom is -0.497 e. The summed E-state index contributed by atoms with van der Waals surface area (Å²) in [6.07, 6.45) is 0. The number of hydrogen-bond acceptors (Lipinski definition) is 5. The predicted molar refractivity (Wildman–Crippen MR) is 125 cm³/mol. The Balaban J connectivity index is 1.49. The van der Waals surface area contributed by atoms with Crippen LogP contribution < -0.4 is 9.47 Å². The third kappa shape index (κ3) is 6.21. The van der Waals surface area contributed by atoms with Crippen molar-refractivity contribution in [3.63, 3.8) is 0 Å². The number of hydrogen-bond donors (Lipinski definition) is 0. The maximum absolute atomic E-state index is 12.9. The highest BCUT2D eigenvalue weighted by atomic mass is 35.5. The van der Waals surface area contributed by atoms with Gasteiger partial charge in [-0.15, -0.1) is 11.8 Å². The van der Waals surface area contributed by atoms with Crippen molar-refractivity contribution in [2.45, 2.75) is 5.75 Å². The fraction of sp³-hybridized carbons (Fsp3) is 0.364. The number of carbonyl (C=O) groups is 2. The van der Waals surface area contributed by atoms with Gasteiger partial charge < -0.3 is 19.3 Å². The van der Waals surface area contributed by atoms with Crippen molar-refractivity contribution in [2.24, 2.45) is 0 Å². The van der Waals surface area contributed by atoms with Gasteiger partial charge in [0.1, 0.15) is 11.5 Å². The van der Waals surface area contributed by atoms with E-state index in [2.05, 4.69) is 0 Å². The zero-order valence-electron chi connectivity index (χ0n) is 17.4. The molecule has 3 rings (SSSR count). The highest BCUT2D eigenvalue weighted by molar-refractivity contribution is 7.99. The first-order valence-electron chi connectivity index (χ1n) is 9.73. The third-order valence-electron chi connectivity index (χ3n) is 5.02. The molecule has 6 nitrogen and oxygen atoms in total. The van der Waals surface area contributed by atoms with Gasteiger partial charge in [-0.1, -0.05) is 29.3 Å². The van der Waals surface area contributed by atoms with Crippen LogP contribution in [0.5, 0.6) is 11.5 Å². The molecule has 0 atom stereocenters. The number of nitrogens with zero attached hydrogens (tertiary/aromatic N) is 2. The lowest BCUT2D eigenvalue weighted by Crippen LogP contribution is -2.51. The number of halogens is 2. The summed E-state index contributed by atoms with van der Waals surface area (Å²) in [5.41, 5.74) is 1.46. The highest BCUT2D eigenvalue weighted by Crippen LogP contribution is 2.26. The SMILES string of the molecule is COc1cc(OC)cc(C(=O)N2CCN(C(=O)CSCc3ccc(Cl)cc3Cl)CC2)c1. The van der Waals surface area contributed by atoms with Crippen LogP contribution in [0.4, 0.5) is 0 Å². The Kier molecular flexibility index (Phi) is 8.35. The highest BCUT2D eigenvalue weighted by Gasteiger charge is 2.25. The van der Waals surface area contributed by atoms with Crippen LogP contribution in [0.1, 0.15) is 15.9 Å². The van der Waals surface area contributed by atoms with E-state index >= 15 is 0 Å². The second-order valence-corrected chi connectivity index (χ2v) is 8.83. The van der Waals surface area contributed by atoms with Crippen LogP contribution in [0.3, 0.4) is 0 Å². The van der Waals surface area contributed by atoms with Crippen LogP contribution in [0, 0.1) is 0 Å². The molecule has 166 valence electrons. The van der Waals surface area contributed by atoms with Crippen molar-refractivity contribution in [1.82, 2.24) is 9.80 Å². The Morgan fingerprint density at radius 3 is 2.13 bits per heavy atom. The zero-order chi connectivity index (χ0) is 22.4. The number of rotatable bonds is 7. The number of piperazine rings is 1. The molecule has 0 aromatic heterocycles. The van der Waals surface area contributed by atoms with E-state index in [9.17, 15) is 9.59 Å². The largest absolute Gasteiger partial charge is 0.497 e. The molecule has 1 heterocycles. The lowest BCUT2D eigenvalue weighted by atomic mass is 10.1. The van der Waals surface area contributed by atoms with Crippen LogP contribution in [-0.2, 0) is 10.5 Å². The first-order chi connectivity index (χ1) is 14.9. The van der Waals surface area contributed by atoms with Gasteiger partial charge in [-0.2, -0.15) is 0 Å². The molecule has 1 saturated heterocycles. The number of amides is 2. The van der Waals surface area contributed by atoms with E-state index in [1.165, 1.54) is 11.8 Å². The van der Waals surface area contributed by atoms with Gasteiger partial charge in [-0.25, -0.2) is 0 Å².